The normalized spacial score (nSPS) is 16.7. The Hall–Kier alpha value is -5.52. The Morgan fingerprint density at radius 2 is 1.77 bits per heavy atom. The van der Waals surface area contributed by atoms with Crippen molar-refractivity contribution in [3.8, 4) is 28.7 Å². The van der Waals surface area contributed by atoms with Crippen molar-refractivity contribution in [2.24, 2.45) is 0 Å². The van der Waals surface area contributed by atoms with Crippen molar-refractivity contribution in [3.63, 3.8) is 0 Å². The molecule has 5 rings (SSSR count). The third kappa shape index (κ3) is 9.03. The SMILES string of the molecule is COc1cc(C(CC(=O)NCCCc2nc3ccccc3[nH]2)c2c(O)cc3c(c2O)C(=O)O[C@@H](C)CCCC(=O)CCC/C=C/3)cc(OC)c1OC. The van der Waals surface area contributed by atoms with Crippen molar-refractivity contribution >= 4 is 34.8 Å². The van der Waals surface area contributed by atoms with Crippen molar-refractivity contribution in [2.45, 2.75) is 76.7 Å². The lowest BCUT2D eigenvalue weighted by molar-refractivity contribution is -0.121. The van der Waals surface area contributed by atoms with Crippen LogP contribution in [0.3, 0.4) is 0 Å². The third-order valence-electron chi connectivity index (χ3n) is 9.23. The molecule has 0 bridgehead atoms. The Kier molecular flexibility index (Phi) is 12.8. The van der Waals surface area contributed by atoms with E-state index in [0.29, 0.717) is 80.7 Å². The standard InChI is InChI=1S/C40H47N3O9/c1-24-12-10-15-27(44)14-7-5-6-13-25-20-31(45)37(38(47)36(25)40(48)52-24)28(26-21-32(49-2)39(51-4)33(22-26)50-3)23-35(46)41-19-11-18-34-42-29-16-8-9-17-30(29)43-34/h6,8-9,13,16-17,20-22,24,28,45,47H,5,7,10-12,14-15,18-19,23H2,1-4H3,(H,41,46)(H,42,43)/b13-6+/t24-,28?/m0/s1. The summed E-state index contributed by atoms with van der Waals surface area (Å²) in [7, 11) is 4.40. The van der Waals surface area contributed by atoms with Gasteiger partial charge in [-0.2, -0.15) is 0 Å². The number of aromatic hydroxyl groups is 2. The topological polar surface area (TPSA) is 169 Å². The lowest BCUT2D eigenvalue weighted by Gasteiger charge is -2.24. The van der Waals surface area contributed by atoms with Gasteiger partial charge in [0.2, 0.25) is 11.7 Å². The van der Waals surface area contributed by atoms with E-state index < -0.39 is 23.7 Å². The number of ketones is 1. The Labute approximate surface area is 303 Å². The van der Waals surface area contributed by atoms with Crippen molar-refractivity contribution in [1.82, 2.24) is 15.3 Å². The number of carbonyl (C=O) groups excluding carboxylic acids is 3. The van der Waals surface area contributed by atoms with Crippen LogP contribution in [0, 0.1) is 0 Å². The summed E-state index contributed by atoms with van der Waals surface area (Å²) in [4.78, 5) is 47.5. The number of Topliss-reactive ketones (excluding diaryl/α,β-unsaturated/α-hetero) is 1. The molecule has 1 unspecified atom stereocenters. The summed E-state index contributed by atoms with van der Waals surface area (Å²) < 4.78 is 22.5. The number of fused-ring (bicyclic) bond motifs is 2. The van der Waals surface area contributed by atoms with Gasteiger partial charge in [-0.1, -0.05) is 24.3 Å². The average Bonchev–Trinajstić information content (AvgIpc) is 3.54. The number of aromatic nitrogens is 2. The summed E-state index contributed by atoms with van der Waals surface area (Å²) in [6.07, 6.45) is 6.99. The van der Waals surface area contributed by atoms with Crippen LogP contribution < -0.4 is 19.5 Å². The van der Waals surface area contributed by atoms with E-state index >= 15 is 0 Å². The number of carbonyl (C=O) groups is 3. The zero-order chi connectivity index (χ0) is 37.2. The molecule has 0 saturated heterocycles. The van der Waals surface area contributed by atoms with Crippen LogP contribution in [0.2, 0.25) is 0 Å². The minimum atomic E-state index is -0.970. The molecule has 1 aliphatic heterocycles. The Morgan fingerprint density at radius 1 is 1.04 bits per heavy atom. The Morgan fingerprint density at radius 3 is 2.48 bits per heavy atom. The van der Waals surface area contributed by atoms with E-state index in [1.807, 2.05) is 24.3 Å². The molecule has 2 atom stereocenters. The van der Waals surface area contributed by atoms with Gasteiger partial charge in [-0.3, -0.25) is 9.59 Å². The number of benzene rings is 3. The fourth-order valence-electron chi connectivity index (χ4n) is 6.57. The number of esters is 1. The molecule has 1 aromatic heterocycles. The maximum absolute atomic E-state index is 13.7. The number of aryl methyl sites for hydroxylation is 1. The number of nitrogens with zero attached hydrogens (tertiary/aromatic N) is 1. The minimum Gasteiger partial charge on any atom is -0.507 e. The van der Waals surface area contributed by atoms with Gasteiger partial charge < -0.3 is 39.5 Å². The maximum atomic E-state index is 13.7. The molecule has 0 saturated carbocycles. The number of nitrogens with one attached hydrogen (secondary N) is 2. The van der Waals surface area contributed by atoms with Crippen LogP contribution in [0.1, 0.15) is 97.1 Å². The number of ether oxygens (including phenoxy) is 4. The number of imidazole rings is 1. The number of para-hydroxylation sites is 2. The lowest BCUT2D eigenvalue weighted by atomic mass is 9.84. The van der Waals surface area contributed by atoms with Crippen LogP contribution in [-0.4, -0.2) is 71.8 Å². The Balaban J connectivity index is 1.50. The molecule has 12 nitrogen and oxygen atoms in total. The van der Waals surface area contributed by atoms with Crippen LogP contribution in [0.25, 0.3) is 17.1 Å². The number of aromatic amines is 1. The van der Waals surface area contributed by atoms with Crippen molar-refractivity contribution < 1.29 is 43.5 Å². The van der Waals surface area contributed by atoms with Gasteiger partial charge in [-0.25, -0.2) is 9.78 Å². The number of cyclic esters (lactones) is 1. The Bertz CT molecular complexity index is 1870. The van der Waals surface area contributed by atoms with Gasteiger partial charge >= 0.3 is 5.97 Å². The molecule has 3 aromatic carbocycles. The highest BCUT2D eigenvalue weighted by Gasteiger charge is 2.32. The average molecular weight is 714 g/mol. The first kappa shape index (κ1) is 37.7. The van der Waals surface area contributed by atoms with Gasteiger partial charge in [-0.05, 0) is 80.5 Å². The molecule has 4 N–H and O–H groups in total. The smallest absolute Gasteiger partial charge is 0.342 e. The molecular formula is C40H47N3O9. The fourth-order valence-corrected chi connectivity index (χ4v) is 6.57. The predicted octanol–water partition coefficient (Wildman–Crippen LogP) is 6.75. The van der Waals surface area contributed by atoms with Gasteiger partial charge in [0.05, 0.1) is 38.5 Å². The van der Waals surface area contributed by atoms with Crippen LogP contribution in [0.5, 0.6) is 28.7 Å². The fraction of sp³-hybridized carbons (Fsp3) is 0.400. The number of hydrogen-bond acceptors (Lipinski definition) is 10. The predicted molar refractivity (Wildman–Crippen MR) is 196 cm³/mol. The molecule has 0 fully saturated rings. The second kappa shape index (κ2) is 17.6. The molecule has 4 aromatic rings. The minimum absolute atomic E-state index is 0.0323. The summed E-state index contributed by atoms with van der Waals surface area (Å²) in [5.74, 6) is -1.02. The van der Waals surface area contributed by atoms with E-state index in [1.54, 1.807) is 31.2 Å². The number of hydrogen-bond donors (Lipinski definition) is 4. The van der Waals surface area contributed by atoms with E-state index in [2.05, 4.69) is 15.3 Å². The molecule has 52 heavy (non-hydrogen) atoms. The zero-order valence-electron chi connectivity index (χ0n) is 30.1. The first-order valence-corrected chi connectivity index (χ1v) is 17.6. The largest absolute Gasteiger partial charge is 0.507 e. The molecule has 0 spiro atoms. The summed E-state index contributed by atoms with van der Waals surface area (Å²) in [6.45, 7) is 2.08. The number of allylic oxidation sites excluding steroid dienone is 1. The van der Waals surface area contributed by atoms with Gasteiger partial charge in [0.15, 0.2) is 11.5 Å². The van der Waals surface area contributed by atoms with E-state index in [1.165, 1.54) is 27.4 Å². The maximum Gasteiger partial charge on any atom is 0.342 e. The van der Waals surface area contributed by atoms with E-state index in [0.717, 1.165) is 16.9 Å². The van der Waals surface area contributed by atoms with E-state index in [9.17, 15) is 24.6 Å². The number of amides is 1. The molecular weight excluding hydrogens is 666 g/mol. The van der Waals surface area contributed by atoms with Gasteiger partial charge in [0.25, 0.3) is 0 Å². The number of phenols is 2. The third-order valence-corrected chi connectivity index (χ3v) is 9.23. The molecule has 276 valence electrons. The summed E-state index contributed by atoms with van der Waals surface area (Å²) >= 11 is 0. The van der Waals surface area contributed by atoms with Crippen LogP contribution >= 0.6 is 0 Å². The molecule has 1 amide bonds. The number of H-pyrrole nitrogens is 1. The second-order valence-electron chi connectivity index (χ2n) is 12.9. The highest BCUT2D eigenvalue weighted by Crippen LogP contribution is 2.47. The highest BCUT2D eigenvalue weighted by atomic mass is 16.5. The van der Waals surface area contributed by atoms with Crippen molar-refractivity contribution in [3.05, 3.63) is 76.6 Å². The van der Waals surface area contributed by atoms with Crippen molar-refractivity contribution in [2.75, 3.05) is 27.9 Å². The molecule has 12 heteroatoms. The molecule has 0 radical (unpaired) electrons. The van der Waals surface area contributed by atoms with Gasteiger partial charge in [-0.15, -0.1) is 0 Å². The summed E-state index contributed by atoms with van der Waals surface area (Å²) in [5.41, 5.74) is 2.36. The van der Waals surface area contributed by atoms with E-state index in [4.69, 9.17) is 18.9 Å². The quantitative estimate of drug-likeness (QED) is 0.0963. The summed E-state index contributed by atoms with van der Waals surface area (Å²) in [6, 6.07) is 12.4. The number of methoxy groups -OCH3 is 3. The van der Waals surface area contributed by atoms with Crippen LogP contribution in [-0.2, 0) is 20.7 Å². The molecule has 1 aliphatic rings. The zero-order valence-corrected chi connectivity index (χ0v) is 30.1. The molecule has 2 heterocycles. The lowest BCUT2D eigenvalue weighted by Crippen LogP contribution is -2.27. The second-order valence-corrected chi connectivity index (χ2v) is 12.9. The van der Waals surface area contributed by atoms with Gasteiger partial charge in [0.1, 0.15) is 28.7 Å². The monoisotopic (exact) mass is 713 g/mol. The number of rotatable bonds is 11. The first-order chi connectivity index (χ1) is 25.1. The summed E-state index contributed by atoms with van der Waals surface area (Å²) in [5, 5.41) is 26.5. The number of phenolic OH excluding ortho intramolecular Hbond substituents is 2. The highest BCUT2D eigenvalue weighted by molar-refractivity contribution is 5.98. The van der Waals surface area contributed by atoms with Crippen molar-refractivity contribution in [1.29, 1.82) is 0 Å². The van der Waals surface area contributed by atoms with Gasteiger partial charge in [0, 0.05) is 43.7 Å². The van der Waals surface area contributed by atoms with E-state index in [-0.39, 0.29) is 40.6 Å². The first-order valence-electron chi connectivity index (χ1n) is 17.6. The molecule has 0 aliphatic carbocycles. The van der Waals surface area contributed by atoms with Crippen LogP contribution in [0.4, 0.5) is 0 Å². The van der Waals surface area contributed by atoms with Crippen LogP contribution in [0.15, 0.2) is 48.5 Å².